The molecule has 0 aliphatic carbocycles. The predicted octanol–water partition coefficient (Wildman–Crippen LogP) is 0.0108. The van der Waals surface area contributed by atoms with Crippen LogP contribution in [0.5, 0.6) is 0 Å². The molecule has 3 nitrogen and oxygen atoms in total. The molecule has 2 aliphatic rings. The molecule has 4 heteroatoms. The fourth-order valence-corrected chi connectivity index (χ4v) is 3.42. The van der Waals surface area contributed by atoms with Gasteiger partial charge in [0.25, 0.3) is 0 Å². The molecular formula is C12H25IN3+. The summed E-state index contributed by atoms with van der Waals surface area (Å²) in [6.45, 7) is 12.8. The van der Waals surface area contributed by atoms with Crippen LogP contribution in [0.4, 0.5) is 0 Å². The molecule has 2 heterocycles. The first-order valence-electron chi connectivity index (χ1n) is 6.64. The SMILES string of the molecule is C[C@@H](I)CN1CCN(CC2CC[NH2+]C2)CC1. The Kier molecular flexibility index (Phi) is 5.32. The molecule has 2 atom stereocenters. The number of alkyl halides is 1. The number of rotatable bonds is 4. The van der Waals surface area contributed by atoms with Crippen LogP contribution in [-0.2, 0) is 0 Å². The molecule has 0 aromatic heterocycles. The highest BCUT2D eigenvalue weighted by molar-refractivity contribution is 14.1. The minimum atomic E-state index is 0.786. The Labute approximate surface area is 113 Å². The second kappa shape index (κ2) is 6.52. The summed E-state index contributed by atoms with van der Waals surface area (Å²) in [5.74, 6) is 0.968. The molecule has 1 unspecified atom stereocenters. The van der Waals surface area contributed by atoms with Gasteiger partial charge in [-0.05, 0) is 0 Å². The summed E-state index contributed by atoms with van der Waals surface area (Å²) in [5.41, 5.74) is 0. The van der Waals surface area contributed by atoms with Crippen molar-refractivity contribution in [1.82, 2.24) is 9.80 Å². The summed E-state index contributed by atoms with van der Waals surface area (Å²) >= 11 is 2.53. The molecule has 16 heavy (non-hydrogen) atoms. The van der Waals surface area contributed by atoms with Crippen LogP contribution >= 0.6 is 22.6 Å². The summed E-state index contributed by atoms with van der Waals surface area (Å²) in [6, 6.07) is 0. The van der Waals surface area contributed by atoms with E-state index in [9.17, 15) is 0 Å². The maximum Gasteiger partial charge on any atom is 0.0798 e. The summed E-state index contributed by atoms with van der Waals surface area (Å²) in [7, 11) is 0. The first-order chi connectivity index (χ1) is 7.74. The van der Waals surface area contributed by atoms with Gasteiger partial charge >= 0.3 is 0 Å². The predicted molar refractivity (Wildman–Crippen MR) is 76.1 cm³/mol. The van der Waals surface area contributed by atoms with Crippen LogP contribution < -0.4 is 5.32 Å². The molecular weight excluding hydrogens is 313 g/mol. The van der Waals surface area contributed by atoms with Crippen molar-refractivity contribution in [1.29, 1.82) is 0 Å². The number of nitrogens with zero attached hydrogens (tertiary/aromatic N) is 2. The van der Waals surface area contributed by atoms with Gasteiger partial charge in [0, 0.05) is 55.5 Å². The smallest absolute Gasteiger partial charge is 0.0798 e. The van der Waals surface area contributed by atoms with E-state index in [0.29, 0.717) is 0 Å². The van der Waals surface area contributed by atoms with Gasteiger partial charge in [0.1, 0.15) is 0 Å². The van der Waals surface area contributed by atoms with Crippen molar-refractivity contribution in [2.24, 2.45) is 5.92 Å². The molecule has 0 amide bonds. The van der Waals surface area contributed by atoms with Crippen LogP contribution in [0.25, 0.3) is 0 Å². The van der Waals surface area contributed by atoms with Gasteiger partial charge in [-0.2, -0.15) is 0 Å². The van der Waals surface area contributed by atoms with Crippen molar-refractivity contribution in [3.8, 4) is 0 Å². The van der Waals surface area contributed by atoms with E-state index < -0.39 is 0 Å². The van der Waals surface area contributed by atoms with Crippen molar-refractivity contribution in [3.63, 3.8) is 0 Å². The molecule has 0 bridgehead atoms. The number of piperazine rings is 1. The van der Waals surface area contributed by atoms with Crippen LogP contribution in [0.15, 0.2) is 0 Å². The van der Waals surface area contributed by atoms with E-state index in [0.717, 1.165) is 9.84 Å². The normalized spacial score (nSPS) is 30.8. The average Bonchev–Trinajstić information content (AvgIpc) is 2.73. The van der Waals surface area contributed by atoms with Crippen LogP contribution in [0.1, 0.15) is 13.3 Å². The lowest BCUT2D eigenvalue weighted by Crippen LogP contribution is -2.81. The monoisotopic (exact) mass is 338 g/mol. The van der Waals surface area contributed by atoms with Gasteiger partial charge in [0.05, 0.1) is 13.1 Å². The molecule has 0 aromatic carbocycles. The lowest BCUT2D eigenvalue weighted by molar-refractivity contribution is -0.638. The van der Waals surface area contributed by atoms with E-state index in [-0.39, 0.29) is 0 Å². The van der Waals surface area contributed by atoms with Gasteiger partial charge in [0.15, 0.2) is 0 Å². The Balaban J connectivity index is 1.64. The molecule has 2 rings (SSSR count). The fourth-order valence-electron chi connectivity index (χ4n) is 2.87. The minimum Gasteiger partial charge on any atom is -0.346 e. The molecule has 0 aromatic rings. The summed E-state index contributed by atoms with van der Waals surface area (Å²) in [5, 5.41) is 2.47. The van der Waals surface area contributed by atoms with Gasteiger partial charge in [-0.15, -0.1) is 0 Å². The highest BCUT2D eigenvalue weighted by atomic mass is 127. The van der Waals surface area contributed by atoms with Crippen LogP contribution in [0.2, 0.25) is 0 Å². The summed E-state index contributed by atoms with van der Waals surface area (Å²) in [6.07, 6.45) is 1.44. The number of halogens is 1. The number of nitrogens with two attached hydrogens (primary N) is 1. The largest absolute Gasteiger partial charge is 0.346 e. The van der Waals surface area contributed by atoms with Gasteiger partial charge < -0.3 is 10.2 Å². The van der Waals surface area contributed by atoms with E-state index in [2.05, 4.69) is 44.6 Å². The lowest BCUT2D eigenvalue weighted by atomic mass is 10.1. The van der Waals surface area contributed by atoms with Crippen LogP contribution in [-0.4, -0.2) is 66.1 Å². The van der Waals surface area contributed by atoms with E-state index >= 15 is 0 Å². The molecule has 0 spiro atoms. The van der Waals surface area contributed by atoms with Crippen LogP contribution in [0.3, 0.4) is 0 Å². The maximum atomic E-state index is 2.68. The zero-order chi connectivity index (χ0) is 11.4. The molecule has 0 radical (unpaired) electrons. The van der Waals surface area contributed by atoms with Gasteiger partial charge in [-0.25, -0.2) is 0 Å². The van der Waals surface area contributed by atoms with Crippen molar-refractivity contribution in [3.05, 3.63) is 0 Å². The first kappa shape index (κ1) is 13.1. The third-order valence-electron chi connectivity index (χ3n) is 3.77. The zero-order valence-corrected chi connectivity index (χ0v) is 12.5. The second-order valence-electron chi connectivity index (χ2n) is 5.35. The Morgan fingerprint density at radius 2 is 1.94 bits per heavy atom. The molecule has 2 N–H and O–H groups in total. The van der Waals surface area contributed by atoms with Gasteiger partial charge in [-0.1, -0.05) is 29.5 Å². The van der Waals surface area contributed by atoms with E-state index in [1.165, 1.54) is 58.8 Å². The zero-order valence-electron chi connectivity index (χ0n) is 10.4. The minimum absolute atomic E-state index is 0.786. The average molecular weight is 338 g/mol. The fraction of sp³-hybridized carbons (Fsp3) is 1.00. The third kappa shape index (κ3) is 4.13. The Hall–Kier alpha value is 0.610. The standard InChI is InChI=1S/C12H24IN3/c1-11(13)9-15-4-6-16(7-5-15)10-12-2-3-14-8-12/h11-12,14H,2-10H2,1H3/p+1/t11-,12?/m1/s1. The Morgan fingerprint density at radius 3 is 2.50 bits per heavy atom. The highest BCUT2D eigenvalue weighted by Gasteiger charge is 2.24. The Morgan fingerprint density at radius 1 is 1.25 bits per heavy atom. The van der Waals surface area contributed by atoms with Crippen molar-refractivity contribution < 1.29 is 5.32 Å². The summed E-state index contributed by atoms with van der Waals surface area (Å²) < 4.78 is 0.786. The number of hydrogen-bond acceptors (Lipinski definition) is 2. The second-order valence-corrected chi connectivity index (χ2v) is 7.48. The number of hydrogen-bond donors (Lipinski definition) is 1. The van der Waals surface area contributed by atoms with Gasteiger partial charge in [0.2, 0.25) is 0 Å². The van der Waals surface area contributed by atoms with Gasteiger partial charge in [-0.3, -0.25) is 4.90 Å². The molecule has 2 aliphatic heterocycles. The molecule has 0 saturated carbocycles. The van der Waals surface area contributed by atoms with Crippen molar-refractivity contribution >= 4 is 22.6 Å². The lowest BCUT2D eigenvalue weighted by Gasteiger charge is -2.36. The Bertz CT molecular complexity index is 196. The van der Waals surface area contributed by atoms with Crippen LogP contribution in [0, 0.1) is 5.92 Å². The highest BCUT2D eigenvalue weighted by Crippen LogP contribution is 2.10. The third-order valence-corrected chi connectivity index (χ3v) is 4.16. The molecule has 94 valence electrons. The van der Waals surface area contributed by atoms with E-state index in [1.807, 2.05) is 0 Å². The maximum absolute atomic E-state index is 2.68. The van der Waals surface area contributed by atoms with Crippen molar-refractivity contribution in [2.75, 3.05) is 52.4 Å². The molecule has 2 saturated heterocycles. The molecule has 2 fully saturated rings. The number of quaternary nitrogens is 1. The van der Waals surface area contributed by atoms with E-state index in [4.69, 9.17) is 0 Å². The van der Waals surface area contributed by atoms with E-state index in [1.54, 1.807) is 0 Å². The van der Waals surface area contributed by atoms with Crippen molar-refractivity contribution in [2.45, 2.75) is 17.3 Å². The summed E-state index contributed by atoms with van der Waals surface area (Å²) in [4.78, 5) is 5.30. The topological polar surface area (TPSA) is 23.1 Å². The quantitative estimate of drug-likeness (QED) is 0.577. The first-order valence-corrected chi connectivity index (χ1v) is 7.89.